The first-order valence-corrected chi connectivity index (χ1v) is 6.92. The van der Waals surface area contributed by atoms with Gasteiger partial charge in [0.15, 0.2) is 5.96 Å². The normalized spacial score (nSPS) is 27.0. The SMILES string of the molecule is NC1=NCC2(CCOC2)N1c1ccc(Cl)c(Br)c1. The van der Waals surface area contributed by atoms with E-state index in [4.69, 9.17) is 22.1 Å². The number of rotatable bonds is 1. The van der Waals surface area contributed by atoms with Crippen LogP contribution in [0.2, 0.25) is 5.02 Å². The maximum atomic E-state index is 6.03. The van der Waals surface area contributed by atoms with Crippen molar-refractivity contribution in [3.63, 3.8) is 0 Å². The van der Waals surface area contributed by atoms with E-state index in [2.05, 4.69) is 25.8 Å². The Kier molecular flexibility index (Phi) is 3.00. The molecule has 0 radical (unpaired) electrons. The molecular formula is C12H13BrClN3O. The molecule has 2 heterocycles. The summed E-state index contributed by atoms with van der Waals surface area (Å²) in [5.74, 6) is 0.551. The van der Waals surface area contributed by atoms with Gasteiger partial charge in [-0.1, -0.05) is 11.6 Å². The van der Waals surface area contributed by atoms with Crippen LogP contribution >= 0.6 is 27.5 Å². The van der Waals surface area contributed by atoms with Gasteiger partial charge in [0.05, 0.1) is 23.7 Å². The van der Waals surface area contributed by atoms with Gasteiger partial charge in [-0.3, -0.25) is 4.99 Å². The smallest absolute Gasteiger partial charge is 0.196 e. The van der Waals surface area contributed by atoms with Gasteiger partial charge < -0.3 is 15.4 Å². The average molecular weight is 331 g/mol. The minimum absolute atomic E-state index is 0.114. The third kappa shape index (κ3) is 1.81. The van der Waals surface area contributed by atoms with E-state index in [1.807, 2.05) is 18.2 Å². The van der Waals surface area contributed by atoms with Crippen molar-refractivity contribution in [1.29, 1.82) is 0 Å². The summed E-state index contributed by atoms with van der Waals surface area (Å²) in [6.45, 7) is 2.12. The second-order valence-corrected chi connectivity index (χ2v) is 5.90. The maximum absolute atomic E-state index is 6.03. The third-order valence-electron chi connectivity index (χ3n) is 3.48. The Labute approximate surface area is 119 Å². The molecule has 1 unspecified atom stereocenters. The van der Waals surface area contributed by atoms with E-state index >= 15 is 0 Å². The first kappa shape index (κ1) is 12.3. The number of benzene rings is 1. The Balaban J connectivity index is 2.02. The number of nitrogens with zero attached hydrogens (tertiary/aromatic N) is 2. The lowest BCUT2D eigenvalue weighted by Gasteiger charge is -2.34. The summed E-state index contributed by atoms with van der Waals surface area (Å²) in [5, 5.41) is 0.685. The summed E-state index contributed by atoms with van der Waals surface area (Å²) in [6.07, 6.45) is 0.942. The van der Waals surface area contributed by atoms with Gasteiger partial charge >= 0.3 is 0 Å². The largest absolute Gasteiger partial charge is 0.379 e. The highest BCUT2D eigenvalue weighted by Crippen LogP contribution is 2.37. The summed E-state index contributed by atoms with van der Waals surface area (Å²) in [5.41, 5.74) is 6.91. The molecule has 0 amide bonds. The minimum atomic E-state index is -0.114. The molecule has 1 spiro atoms. The van der Waals surface area contributed by atoms with E-state index in [1.165, 1.54) is 0 Å². The molecule has 2 N–H and O–H groups in total. The van der Waals surface area contributed by atoms with Gasteiger partial charge in [-0.15, -0.1) is 0 Å². The summed E-state index contributed by atoms with van der Waals surface area (Å²) in [4.78, 5) is 6.44. The lowest BCUT2D eigenvalue weighted by atomic mass is 9.97. The van der Waals surface area contributed by atoms with Crippen molar-refractivity contribution in [2.24, 2.45) is 10.7 Å². The summed E-state index contributed by atoms with van der Waals surface area (Å²) < 4.78 is 6.38. The Bertz CT molecular complexity index is 514. The predicted molar refractivity (Wildman–Crippen MR) is 76.3 cm³/mol. The second kappa shape index (κ2) is 4.40. The van der Waals surface area contributed by atoms with Gasteiger partial charge in [0.2, 0.25) is 0 Å². The lowest BCUT2D eigenvalue weighted by molar-refractivity contribution is 0.181. The number of aliphatic imine (C=N–C) groups is 1. The van der Waals surface area contributed by atoms with Gasteiger partial charge in [-0.2, -0.15) is 0 Å². The van der Waals surface area contributed by atoms with Crippen molar-refractivity contribution in [3.8, 4) is 0 Å². The van der Waals surface area contributed by atoms with Crippen LogP contribution in [-0.4, -0.2) is 31.3 Å². The van der Waals surface area contributed by atoms with E-state index in [0.29, 0.717) is 24.1 Å². The molecule has 0 saturated carbocycles. The quantitative estimate of drug-likeness (QED) is 0.860. The molecule has 1 atom stereocenters. The van der Waals surface area contributed by atoms with Crippen molar-refractivity contribution in [3.05, 3.63) is 27.7 Å². The van der Waals surface area contributed by atoms with Crippen molar-refractivity contribution >= 4 is 39.2 Å². The van der Waals surface area contributed by atoms with Crippen LogP contribution < -0.4 is 10.6 Å². The summed E-state index contributed by atoms with van der Waals surface area (Å²) in [7, 11) is 0. The molecule has 18 heavy (non-hydrogen) atoms. The number of hydrogen-bond acceptors (Lipinski definition) is 4. The zero-order chi connectivity index (χ0) is 12.8. The molecule has 1 saturated heterocycles. The molecule has 0 aromatic heterocycles. The molecule has 1 aromatic rings. The molecular weight excluding hydrogens is 318 g/mol. The molecule has 1 aromatic carbocycles. The molecule has 2 aliphatic heterocycles. The number of guanidine groups is 1. The predicted octanol–water partition coefficient (Wildman–Crippen LogP) is 2.40. The topological polar surface area (TPSA) is 50.9 Å². The van der Waals surface area contributed by atoms with Crippen molar-refractivity contribution in [1.82, 2.24) is 0 Å². The number of nitrogens with two attached hydrogens (primary N) is 1. The molecule has 96 valence electrons. The molecule has 3 rings (SSSR count). The van der Waals surface area contributed by atoms with Gasteiger partial charge in [-0.25, -0.2) is 0 Å². The van der Waals surface area contributed by atoms with Crippen LogP contribution in [-0.2, 0) is 4.74 Å². The molecule has 4 nitrogen and oxygen atoms in total. The molecule has 6 heteroatoms. The Morgan fingerprint density at radius 1 is 1.50 bits per heavy atom. The number of hydrogen-bond donors (Lipinski definition) is 1. The van der Waals surface area contributed by atoms with Gasteiger partial charge in [0.1, 0.15) is 0 Å². The summed E-state index contributed by atoms with van der Waals surface area (Å²) >= 11 is 9.46. The third-order valence-corrected chi connectivity index (χ3v) is 4.70. The maximum Gasteiger partial charge on any atom is 0.196 e. The molecule has 0 bridgehead atoms. The minimum Gasteiger partial charge on any atom is -0.379 e. The van der Waals surface area contributed by atoms with Gasteiger partial charge in [-0.05, 0) is 40.5 Å². The first-order chi connectivity index (χ1) is 8.62. The highest BCUT2D eigenvalue weighted by atomic mass is 79.9. The van der Waals surface area contributed by atoms with Crippen molar-refractivity contribution in [2.45, 2.75) is 12.0 Å². The summed E-state index contributed by atoms with van der Waals surface area (Å²) in [6, 6.07) is 5.78. The monoisotopic (exact) mass is 329 g/mol. The molecule has 2 aliphatic rings. The number of ether oxygens (including phenoxy) is 1. The second-order valence-electron chi connectivity index (χ2n) is 4.64. The Hall–Kier alpha value is -0.780. The number of halogens is 2. The van der Waals surface area contributed by atoms with Crippen LogP contribution in [0.15, 0.2) is 27.7 Å². The average Bonchev–Trinajstić information content (AvgIpc) is 2.93. The molecule has 1 fully saturated rings. The molecule has 0 aliphatic carbocycles. The van der Waals surface area contributed by atoms with Crippen molar-refractivity contribution < 1.29 is 4.74 Å². The lowest BCUT2D eigenvalue weighted by Crippen LogP contribution is -2.52. The highest BCUT2D eigenvalue weighted by Gasteiger charge is 2.46. The van der Waals surface area contributed by atoms with E-state index in [1.54, 1.807) is 0 Å². The van der Waals surface area contributed by atoms with Crippen LogP contribution in [0, 0.1) is 0 Å². The van der Waals surface area contributed by atoms with Gasteiger partial charge in [0.25, 0.3) is 0 Å². The highest BCUT2D eigenvalue weighted by molar-refractivity contribution is 9.10. The fourth-order valence-electron chi connectivity index (χ4n) is 2.54. The van der Waals surface area contributed by atoms with Crippen molar-refractivity contribution in [2.75, 3.05) is 24.7 Å². The van der Waals surface area contributed by atoms with Crippen LogP contribution in [0.5, 0.6) is 0 Å². The number of anilines is 1. The van der Waals surface area contributed by atoms with Gasteiger partial charge in [0, 0.05) is 16.8 Å². The van der Waals surface area contributed by atoms with E-state index in [0.717, 1.165) is 23.2 Å². The fourth-order valence-corrected chi connectivity index (χ4v) is 3.02. The zero-order valence-corrected chi connectivity index (χ0v) is 12.0. The fraction of sp³-hybridized carbons (Fsp3) is 0.417. The van der Waals surface area contributed by atoms with Crippen LogP contribution in [0.1, 0.15) is 6.42 Å². The zero-order valence-electron chi connectivity index (χ0n) is 9.70. The van der Waals surface area contributed by atoms with E-state index in [-0.39, 0.29) is 5.54 Å². The van der Waals surface area contributed by atoms with E-state index in [9.17, 15) is 0 Å². The van der Waals surface area contributed by atoms with E-state index < -0.39 is 0 Å². The first-order valence-electron chi connectivity index (χ1n) is 5.75. The Morgan fingerprint density at radius 3 is 3.00 bits per heavy atom. The van der Waals surface area contributed by atoms with Crippen LogP contribution in [0.25, 0.3) is 0 Å². The standard InChI is InChI=1S/C12H13BrClN3O/c13-9-5-8(1-2-10(9)14)17-11(15)16-6-12(17)3-4-18-7-12/h1-2,5H,3-4,6-7H2,(H2,15,16). The Morgan fingerprint density at radius 2 is 2.33 bits per heavy atom. The van der Waals surface area contributed by atoms with Crippen LogP contribution in [0.3, 0.4) is 0 Å². The van der Waals surface area contributed by atoms with Crippen LogP contribution in [0.4, 0.5) is 5.69 Å².